The first-order valence-corrected chi connectivity index (χ1v) is 11.3. The molecule has 0 spiro atoms. The van der Waals surface area contributed by atoms with Crippen LogP contribution in [0, 0.1) is 0 Å². The molecule has 0 saturated carbocycles. The molecule has 0 saturated heterocycles. The minimum absolute atomic E-state index is 0.0275. The monoisotopic (exact) mass is 452 g/mol. The molecule has 0 unspecified atom stereocenters. The van der Waals surface area contributed by atoms with Gasteiger partial charge in [0.15, 0.2) is 9.84 Å². The maximum absolute atomic E-state index is 13.1. The molecule has 152 valence electrons. The van der Waals surface area contributed by atoms with Gasteiger partial charge in [0.05, 0.1) is 17.7 Å². The number of hydrogen-bond donors (Lipinski definition) is 2. The number of amides is 2. The van der Waals surface area contributed by atoms with Gasteiger partial charge in [0.2, 0.25) is 0 Å². The molecule has 2 heterocycles. The minimum Gasteiger partial charge on any atom is -0.468 e. The summed E-state index contributed by atoms with van der Waals surface area (Å²) in [7, 11) is -3.91. The number of furan rings is 1. The SMILES string of the molecule is O=C(NCc1cccs1)C(=O)NC[C@H](c1ccco1)S(=O)(=O)c1ccc(Cl)cc1. The van der Waals surface area contributed by atoms with Crippen LogP contribution in [0.15, 0.2) is 69.5 Å². The van der Waals surface area contributed by atoms with Gasteiger partial charge in [-0.05, 0) is 47.8 Å². The molecule has 0 aliphatic rings. The van der Waals surface area contributed by atoms with Crippen molar-refractivity contribution in [2.75, 3.05) is 6.54 Å². The second kappa shape index (κ2) is 9.25. The van der Waals surface area contributed by atoms with Crippen LogP contribution in [0.2, 0.25) is 5.02 Å². The average molecular weight is 453 g/mol. The lowest BCUT2D eigenvalue weighted by atomic mass is 10.3. The summed E-state index contributed by atoms with van der Waals surface area (Å²) in [6.07, 6.45) is 1.34. The van der Waals surface area contributed by atoms with E-state index in [-0.39, 0.29) is 23.7 Å². The van der Waals surface area contributed by atoms with E-state index in [1.165, 1.54) is 47.9 Å². The zero-order chi connectivity index (χ0) is 20.9. The highest BCUT2D eigenvalue weighted by atomic mass is 35.5. The Morgan fingerprint density at radius 3 is 2.38 bits per heavy atom. The summed E-state index contributed by atoms with van der Waals surface area (Å²) in [4.78, 5) is 25.0. The number of sulfone groups is 1. The van der Waals surface area contributed by atoms with Gasteiger partial charge in [0, 0.05) is 16.4 Å². The van der Waals surface area contributed by atoms with E-state index in [0.717, 1.165) is 4.88 Å². The molecule has 10 heteroatoms. The molecular weight excluding hydrogens is 436 g/mol. The van der Waals surface area contributed by atoms with Crippen LogP contribution >= 0.6 is 22.9 Å². The second-order valence-electron chi connectivity index (χ2n) is 5.98. The molecule has 2 amide bonds. The fraction of sp³-hybridized carbons (Fsp3) is 0.158. The summed E-state index contributed by atoms with van der Waals surface area (Å²) in [5.41, 5.74) is 0. The molecule has 2 aromatic heterocycles. The number of carbonyl (C=O) groups is 2. The van der Waals surface area contributed by atoms with E-state index in [0.29, 0.717) is 5.02 Å². The third-order valence-electron chi connectivity index (χ3n) is 4.03. The lowest BCUT2D eigenvalue weighted by molar-refractivity contribution is -0.139. The molecule has 7 nitrogen and oxygen atoms in total. The standard InChI is InChI=1S/C19H17ClN2O5S2/c20-13-5-7-15(8-6-13)29(25,26)17(16-4-1-9-27-16)12-22-19(24)18(23)21-11-14-3-2-10-28-14/h1-10,17H,11-12H2,(H,21,23)(H,22,24)/t17-/m1/s1. The molecule has 0 fully saturated rings. The molecular formula is C19H17ClN2O5S2. The highest BCUT2D eigenvalue weighted by Gasteiger charge is 2.32. The highest BCUT2D eigenvalue weighted by Crippen LogP contribution is 2.29. The van der Waals surface area contributed by atoms with Crippen molar-refractivity contribution >= 4 is 44.6 Å². The third-order valence-corrected chi connectivity index (χ3v) is 7.24. The lowest BCUT2D eigenvalue weighted by Crippen LogP contribution is -2.41. The van der Waals surface area contributed by atoms with Crippen molar-refractivity contribution < 1.29 is 22.4 Å². The van der Waals surface area contributed by atoms with Gasteiger partial charge >= 0.3 is 11.8 Å². The summed E-state index contributed by atoms with van der Waals surface area (Å²) >= 11 is 7.28. The van der Waals surface area contributed by atoms with Gasteiger partial charge in [-0.3, -0.25) is 9.59 Å². The number of thiophene rings is 1. The fourth-order valence-electron chi connectivity index (χ4n) is 2.55. The summed E-state index contributed by atoms with van der Waals surface area (Å²) in [6.45, 7) is -0.113. The van der Waals surface area contributed by atoms with Gasteiger partial charge in [-0.15, -0.1) is 11.3 Å². The fourth-order valence-corrected chi connectivity index (χ4v) is 4.91. The number of carbonyl (C=O) groups excluding carboxylic acids is 2. The lowest BCUT2D eigenvalue weighted by Gasteiger charge is -2.16. The zero-order valence-electron chi connectivity index (χ0n) is 15.0. The van der Waals surface area contributed by atoms with Crippen molar-refractivity contribution in [1.82, 2.24) is 10.6 Å². The van der Waals surface area contributed by atoms with Crippen LogP contribution in [0.25, 0.3) is 0 Å². The van der Waals surface area contributed by atoms with E-state index in [4.69, 9.17) is 16.0 Å². The van der Waals surface area contributed by atoms with Crippen molar-refractivity contribution in [3.8, 4) is 0 Å². The molecule has 0 aliphatic heterocycles. The highest BCUT2D eigenvalue weighted by molar-refractivity contribution is 7.91. The molecule has 0 bridgehead atoms. The van der Waals surface area contributed by atoms with Crippen LogP contribution < -0.4 is 10.6 Å². The smallest absolute Gasteiger partial charge is 0.309 e. The van der Waals surface area contributed by atoms with E-state index < -0.39 is 26.9 Å². The Bertz CT molecular complexity index is 1060. The Morgan fingerprint density at radius 1 is 1.03 bits per heavy atom. The normalized spacial score (nSPS) is 12.3. The first-order chi connectivity index (χ1) is 13.9. The quantitative estimate of drug-likeness (QED) is 0.536. The Hall–Kier alpha value is -2.62. The Balaban J connectivity index is 1.70. The maximum atomic E-state index is 13.1. The Morgan fingerprint density at radius 2 is 1.76 bits per heavy atom. The van der Waals surface area contributed by atoms with E-state index in [9.17, 15) is 18.0 Å². The summed E-state index contributed by atoms with van der Waals surface area (Å²) < 4.78 is 31.4. The number of halogens is 1. The van der Waals surface area contributed by atoms with Gasteiger partial charge in [-0.2, -0.15) is 0 Å². The topological polar surface area (TPSA) is 105 Å². The van der Waals surface area contributed by atoms with Gasteiger partial charge in [-0.1, -0.05) is 17.7 Å². The maximum Gasteiger partial charge on any atom is 0.309 e. The van der Waals surface area contributed by atoms with Crippen LogP contribution in [0.5, 0.6) is 0 Å². The van der Waals surface area contributed by atoms with E-state index in [1.54, 1.807) is 6.07 Å². The summed E-state index contributed by atoms with van der Waals surface area (Å²) in [5.74, 6) is -1.62. The zero-order valence-corrected chi connectivity index (χ0v) is 17.4. The summed E-state index contributed by atoms with van der Waals surface area (Å²) in [5, 5.41) is 5.92. The number of hydrogen-bond acceptors (Lipinski definition) is 6. The first-order valence-electron chi connectivity index (χ1n) is 8.49. The van der Waals surface area contributed by atoms with Crippen molar-refractivity contribution in [3.05, 3.63) is 75.8 Å². The second-order valence-corrected chi connectivity index (χ2v) is 9.57. The van der Waals surface area contributed by atoms with Crippen LogP contribution in [0.1, 0.15) is 15.9 Å². The molecule has 29 heavy (non-hydrogen) atoms. The molecule has 3 rings (SSSR count). The van der Waals surface area contributed by atoms with Crippen molar-refractivity contribution in [1.29, 1.82) is 0 Å². The van der Waals surface area contributed by atoms with Crippen LogP contribution in [-0.4, -0.2) is 26.8 Å². The number of rotatable bonds is 7. The first kappa shape index (κ1) is 21.1. The molecule has 1 atom stereocenters. The Labute approximate surface area is 176 Å². The number of benzene rings is 1. The van der Waals surface area contributed by atoms with E-state index in [2.05, 4.69) is 10.6 Å². The third kappa shape index (κ3) is 5.26. The Kier molecular flexibility index (Phi) is 6.73. The van der Waals surface area contributed by atoms with Crippen molar-refractivity contribution in [2.45, 2.75) is 16.7 Å². The van der Waals surface area contributed by atoms with Gasteiger partial charge in [0.1, 0.15) is 11.0 Å². The molecule has 2 N–H and O–H groups in total. The van der Waals surface area contributed by atoms with E-state index in [1.807, 2.05) is 17.5 Å². The molecule has 1 aromatic carbocycles. The summed E-state index contributed by atoms with van der Waals surface area (Å²) in [6, 6.07) is 12.4. The van der Waals surface area contributed by atoms with Crippen LogP contribution in [-0.2, 0) is 26.0 Å². The van der Waals surface area contributed by atoms with Gasteiger partial charge in [0.25, 0.3) is 0 Å². The van der Waals surface area contributed by atoms with Gasteiger partial charge < -0.3 is 15.1 Å². The predicted octanol–water partition coefficient (Wildman–Crippen LogP) is 2.94. The van der Waals surface area contributed by atoms with E-state index >= 15 is 0 Å². The predicted molar refractivity (Wildman–Crippen MR) is 109 cm³/mol. The molecule has 0 radical (unpaired) electrons. The molecule has 0 aliphatic carbocycles. The molecule has 3 aromatic rings. The van der Waals surface area contributed by atoms with Crippen molar-refractivity contribution in [2.24, 2.45) is 0 Å². The van der Waals surface area contributed by atoms with Crippen LogP contribution in [0.4, 0.5) is 0 Å². The average Bonchev–Trinajstić information content (AvgIpc) is 3.40. The van der Waals surface area contributed by atoms with Gasteiger partial charge in [-0.25, -0.2) is 8.42 Å². The van der Waals surface area contributed by atoms with Crippen molar-refractivity contribution in [3.63, 3.8) is 0 Å². The van der Waals surface area contributed by atoms with Crippen LogP contribution in [0.3, 0.4) is 0 Å². The largest absolute Gasteiger partial charge is 0.468 e. The minimum atomic E-state index is -3.91. The number of nitrogens with one attached hydrogen (secondary N) is 2.